The van der Waals surface area contributed by atoms with E-state index >= 15 is 0 Å². The molecule has 1 aromatic carbocycles. The van der Waals surface area contributed by atoms with E-state index in [0.717, 1.165) is 5.56 Å². The van der Waals surface area contributed by atoms with Crippen LogP contribution in [0.5, 0.6) is 0 Å². The lowest BCUT2D eigenvalue weighted by Gasteiger charge is -2.25. The molecule has 108 valence electrons. The van der Waals surface area contributed by atoms with Gasteiger partial charge in [0.05, 0.1) is 0 Å². The van der Waals surface area contributed by atoms with Crippen molar-refractivity contribution in [2.75, 3.05) is 0 Å². The zero-order valence-corrected chi connectivity index (χ0v) is 12.4. The minimum atomic E-state index is -0.785. The van der Waals surface area contributed by atoms with Crippen LogP contribution in [0.25, 0.3) is 0 Å². The van der Waals surface area contributed by atoms with Gasteiger partial charge in [-0.05, 0) is 39.3 Å². The first-order chi connectivity index (χ1) is 9.33. The Kier molecular flexibility index (Phi) is 5.60. The number of ether oxygens (including phenoxy) is 1. The summed E-state index contributed by atoms with van der Waals surface area (Å²) in [6, 6.07) is 8.82. The third-order valence-corrected chi connectivity index (χ3v) is 2.42. The van der Waals surface area contributed by atoms with Crippen molar-refractivity contribution >= 4 is 6.09 Å². The van der Waals surface area contributed by atoms with Crippen LogP contribution < -0.4 is 0 Å². The molecule has 1 rings (SSSR count). The molecule has 0 saturated carbocycles. The second kappa shape index (κ2) is 6.97. The Morgan fingerprint density at radius 3 is 2.45 bits per heavy atom. The first kappa shape index (κ1) is 16.1. The summed E-state index contributed by atoms with van der Waals surface area (Å²) >= 11 is 0. The maximum Gasteiger partial charge on any atom is 0.435 e. The molecule has 0 saturated heterocycles. The van der Waals surface area contributed by atoms with Gasteiger partial charge in [0, 0.05) is 5.56 Å². The van der Waals surface area contributed by atoms with E-state index in [1.807, 2.05) is 37.3 Å². The van der Waals surface area contributed by atoms with Crippen LogP contribution in [0.3, 0.4) is 0 Å². The number of hydrogen-bond acceptors (Lipinski definition) is 3. The number of benzene rings is 1. The van der Waals surface area contributed by atoms with Gasteiger partial charge in [0.1, 0.15) is 11.6 Å². The number of hydroxylamine groups is 2. The average molecular weight is 275 g/mol. The van der Waals surface area contributed by atoms with Gasteiger partial charge >= 0.3 is 6.09 Å². The molecule has 0 radical (unpaired) electrons. The first-order valence-electron chi connectivity index (χ1n) is 6.61. The summed E-state index contributed by atoms with van der Waals surface area (Å²) in [4.78, 5) is 11.8. The SMILES string of the molecule is CCC(C#Cc1ccccc1)N(O)C(=O)OC(C)(C)C. The molecule has 20 heavy (non-hydrogen) atoms. The lowest BCUT2D eigenvalue weighted by atomic mass is 10.2. The summed E-state index contributed by atoms with van der Waals surface area (Å²) in [6.45, 7) is 7.08. The van der Waals surface area contributed by atoms with E-state index in [0.29, 0.717) is 11.5 Å². The molecule has 1 atom stereocenters. The number of nitrogens with zero attached hydrogens (tertiary/aromatic N) is 1. The quantitative estimate of drug-likeness (QED) is 0.511. The van der Waals surface area contributed by atoms with Crippen LogP contribution in [0.4, 0.5) is 4.79 Å². The van der Waals surface area contributed by atoms with Crippen molar-refractivity contribution in [2.24, 2.45) is 0 Å². The molecule has 1 N–H and O–H groups in total. The molecule has 4 nitrogen and oxygen atoms in total. The fourth-order valence-electron chi connectivity index (χ4n) is 1.46. The Bertz CT molecular complexity index is 494. The number of hydrogen-bond donors (Lipinski definition) is 1. The highest BCUT2D eigenvalue weighted by Gasteiger charge is 2.25. The molecule has 4 heteroatoms. The zero-order chi connectivity index (χ0) is 15.2. The Morgan fingerprint density at radius 1 is 1.35 bits per heavy atom. The first-order valence-corrected chi connectivity index (χ1v) is 6.61. The van der Waals surface area contributed by atoms with E-state index in [2.05, 4.69) is 11.8 Å². The minimum absolute atomic E-state index is 0.510. The van der Waals surface area contributed by atoms with E-state index in [1.54, 1.807) is 20.8 Å². The molecule has 0 aliphatic carbocycles. The highest BCUT2D eigenvalue weighted by Crippen LogP contribution is 2.11. The monoisotopic (exact) mass is 275 g/mol. The van der Waals surface area contributed by atoms with Gasteiger partial charge < -0.3 is 4.74 Å². The van der Waals surface area contributed by atoms with Crippen LogP contribution in [0.2, 0.25) is 0 Å². The maximum atomic E-state index is 11.8. The third-order valence-electron chi connectivity index (χ3n) is 2.42. The lowest BCUT2D eigenvalue weighted by Crippen LogP contribution is -2.40. The average Bonchev–Trinajstić information content (AvgIpc) is 2.38. The second-order valence-electron chi connectivity index (χ2n) is 5.38. The molecule has 1 aromatic rings. The van der Waals surface area contributed by atoms with E-state index in [-0.39, 0.29) is 0 Å². The predicted molar refractivity (Wildman–Crippen MR) is 77.3 cm³/mol. The molecule has 0 spiro atoms. The summed E-state index contributed by atoms with van der Waals surface area (Å²) in [5.41, 5.74) is 0.187. The van der Waals surface area contributed by atoms with Crippen molar-refractivity contribution in [1.29, 1.82) is 0 Å². The van der Waals surface area contributed by atoms with E-state index in [1.165, 1.54) is 0 Å². The molecular weight excluding hydrogens is 254 g/mol. The van der Waals surface area contributed by atoms with Crippen LogP contribution in [0.15, 0.2) is 30.3 Å². The fraction of sp³-hybridized carbons (Fsp3) is 0.438. The fourth-order valence-corrected chi connectivity index (χ4v) is 1.46. The summed E-state index contributed by atoms with van der Waals surface area (Å²) in [7, 11) is 0. The minimum Gasteiger partial charge on any atom is -0.442 e. The number of carbonyl (C=O) groups excluding carboxylic acids is 1. The van der Waals surface area contributed by atoms with Gasteiger partial charge in [-0.2, -0.15) is 5.06 Å². The predicted octanol–water partition coefficient (Wildman–Crippen LogP) is 3.44. The zero-order valence-electron chi connectivity index (χ0n) is 12.4. The van der Waals surface area contributed by atoms with Crippen molar-refractivity contribution in [1.82, 2.24) is 5.06 Å². The molecule has 0 heterocycles. The molecule has 0 fully saturated rings. The van der Waals surface area contributed by atoms with E-state index in [4.69, 9.17) is 4.74 Å². The highest BCUT2D eigenvalue weighted by atomic mass is 16.6. The van der Waals surface area contributed by atoms with Gasteiger partial charge in [-0.25, -0.2) is 4.79 Å². The van der Waals surface area contributed by atoms with Crippen LogP contribution in [0, 0.1) is 11.8 Å². The van der Waals surface area contributed by atoms with Gasteiger partial charge in [0.2, 0.25) is 0 Å². The molecule has 1 unspecified atom stereocenters. The van der Waals surface area contributed by atoms with Crippen molar-refractivity contribution in [3.63, 3.8) is 0 Å². The smallest absolute Gasteiger partial charge is 0.435 e. The Labute approximate surface area is 120 Å². The largest absolute Gasteiger partial charge is 0.442 e. The Balaban J connectivity index is 2.76. The van der Waals surface area contributed by atoms with E-state index < -0.39 is 17.7 Å². The lowest BCUT2D eigenvalue weighted by molar-refractivity contribution is -0.108. The summed E-state index contributed by atoms with van der Waals surface area (Å²) in [5.74, 6) is 5.81. The summed E-state index contributed by atoms with van der Waals surface area (Å²) in [5, 5.41) is 10.4. The normalized spacial score (nSPS) is 12.1. The molecule has 1 amide bonds. The number of amides is 1. The van der Waals surface area contributed by atoms with Gasteiger partial charge in [0.15, 0.2) is 0 Å². The topological polar surface area (TPSA) is 49.8 Å². The molecular formula is C16H21NO3. The van der Waals surface area contributed by atoms with Crippen LogP contribution in [-0.4, -0.2) is 28.0 Å². The van der Waals surface area contributed by atoms with E-state index in [9.17, 15) is 10.0 Å². The van der Waals surface area contributed by atoms with Crippen LogP contribution >= 0.6 is 0 Å². The van der Waals surface area contributed by atoms with Crippen molar-refractivity contribution in [2.45, 2.75) is 45.8 Å². The molecule has 0 aliphatic heterocycles. The van der Waals surface area contributed by atoms with Crippen LogP contribution in [-0.2, 0) is 4.74 Å². The number of rotatable bonds is 2. The van der Waals surface area contributed by atoms with Gasteiger partial charge in [-0.3, -0.25) is 5.21 Å². The van der Waals surface area contributed by atoms with Crippen molar-refractivity contribution in [3.05, 3.63) is 35.9 Å². The van der Waals surface area contributed by atoms with Gasteiger partial charge in [-0.15, -0.1) is 0 Å². The highest BCUT2D eigenvalue weighted by molar-refractivity contribution is 5.67. The van der Waals surface area contributed by atoms with Crippen molar-refractivity contribution < 1.29 is 14.7 Å². The Hall–Kier alpha value is -1.99. The molecule has 0 aliphatic rings. The standard InChI is InChI=1S/C16H21NO3/c1-5-14(12-11-13-9-7-6-8-10-13)17(19)15(18)20-16(2,3)4/h6-10,14,19H,5H2,1-4H3. The van der Waals surface area contributed by atoms with Gasteiger partial charge in [-0.1, -0.05) is 37.0 Å². The third kappa shape index (κ3) is 5.33. The number of carbonyl (C=O) groups is 1. The molecule has 0 aromatic heterocycles. The maximum absolute atomic E-state index is 11.8. The summed E-state index contributed by atoms with van der Waals surface area (Å²) < 4.78 is 5.10. The Morgan fingerprint density at radius 2 is 1.95 bits per heavy atom. The van der Waals surface area contributed by atoms with Gasteiger partial charge in [0.25, 0.3) is 0 Å². The van der Waals surface area contributed by atoms with Crippen LogP contribution in [0.1, 0.15) is 39.7 Å². The van der Waals surface area contributed by atoms with Crippen molar-refractivity contribution in [3.8, 4) is 11.8 Å². The summed E-state index contributed by atoms with van der Waals surface area (Å²) in [6.07, 6.45) is -0.276. The molecule has 0 bridgehead atoms. The second-order valence-corrected chi connectivity index (χ2v) is 5.38.